The molecule has 0 saturated carbocycles. The summed E-state index contributed by atoms with van der Waals surface area (Å²) in [6.45, 7) is 4.17. The number of nitrogens with one attached hydrogen (secondary N) is 1. The van der Waals surface area contributed by atoms with Crippen molar-refractivity contribution in [2.75, 3.05) is 18.0 Å². The van der Waals surface area contributed by atoms with Gasteiger partial charge in [-0.3, -0.25) is 0 Å². The Morgan fingerprint density at radius 1 is 1.03 bits per heavy atom. The van der Waals surface area contributed by atoms with E-state index in [1.807, 2.05) is 43.7 Å². The molecule has 5 heterocycles. The zero-order valence-corrected chi connectivity index (χ0v) is 17.7. The third-order valence-corrected chi connectivity index (χ3v) is 6.03. The lowest BCUT2D eigenvalue weighted by atomic mass is 10.0. The van der Waals surface area contributed by atoms with Crippen molar-refractivity contribution in [1.82, 2.24) is 19.9 Å². The van der Waals surface area contributed by atoms with Crippen molar-refractivity contribution in [3.63, 3.8) is 0 Å². The van der Waals surface area contributed by atoms with Gasteiger partial charge in [0, 0.05) is 54.7 Å². The number of aromatic nitrogens is 4. The van der Waals surface area contributed by atoms with E-state index in [1.165, 1.54) is 18.4 Å². The normalized spacial score (nSPS) is 13.9. The second-order valence-electron chi connectivity index (χ2n) is 8.37. The monoisotopic (exact) mass is 415 g/mol. The molecule has 4 aromatic rings. The number of rotatable bonds is 6. The minimum Gasteiger partial charge on any atom is -0.357 e. The van der Waals surface area contributed by atoms with Crippen LogP contribution in [0.25, 0.3) is 11.0 Å². The highest BCUT2D eigenvalue weighted by molar-refractivity contribution is 5.80. The van der Waals surface area contributed by atoms with E-state index in [9.17, 15) is 4.39 Å². The van der Waals surface area contributed by atoms with Crippen LogP contribution in [-0.4, -0.2) is 33.0 Å². The molecule has 0 aromatic carbocycles. The van der Waals surface area contributed by atoms with Gasteiger partial charge in [-0.2, -0.15) is 4.39 Å². The van der Waals surface area contributed by atoms with Crippen LogP contribution in [0, 0.1) is 12.9 Å². The van der Waals surface area contributed by atoms with Gasteiger partial charge in [0.2, 0.25) is 5.95 Å². The maximum absolute atomic E-state index is 14.8. The number of halogens is 1. The van der Waals surface area contributed by atoms with Crippen molar-refractivity contribution >= 4 is 16.9 Å². The topological polar surface area (TPSA) is 57.7 Å². The minimum absolute atomic E-state index is 0.389. The molecule has 0 aliphatic carbocycles. The molecule has 0 unspecified atom stereocenters. The third-order valence-electron chi connectivity index (χ3n) is 6.03. The molecule has 4 aromatic heterocycles. The van der Waals surface area contributed by atoms with Crippen LogP contribution in [-0.2, 0) is 19.3 Å². The first-order valence-corrected chi connectivity index (χ1v) is 10.9. The van der Waals surface area contributed by atoms with Gasteiger partial charge in [-0.1, -0.05) is 6.07 Å². The summed E-state index contributed by atoms with van der Waals surface area (Å²) >= 11 is 0. The number of aromatic amines is 1. The average molecular weight is 416 g/mol. The van der Waals surface area contributed by atoms with Crippen molar-refractivity contribution in [3.05, 3.63) is 82.8 Å². The molecule has 1 N–H and O–H groups in total. The Bertz CT molecular complexity index is 1210. The van der Waals surface area contributed by atoms with Gasteiger partial charge in [-0.15, -0.1) is 0 Å². The van der Waals surface area contributed by atoms with Crippen molar-refractivity contribution in [2.24, 2.45) is 0 Å². The second kappa shape index (κ2) is 8.46. The van der Waals surface area contributed by atoms with E-state index in [2.05, 4.69) is 37.0 Å². The highest BCUT2D eigenvalue weighted by Crippen LogP contribution is 2.22. The SMILES string of the molecule is Cc1cnc2[nH]cc(Cc3ccc(CCc4ccnc(N5CCCC5)c4)nc3F)c2c1. The van der Waals surface area contributed by atoms with Crippen LogP contribution in [0.15, 0.2) is 48.9 Å². The lowest BCUT2D eigenvalue weighted by molar-refractivity contribution is 0.563. The molecule has 5 rings (SSSR count). The number of nitrogens with zero attached hydrogens (tertiary/aromatic N) is 4. The number of aryl methyl sites for hydroxylation is 3. The fraction of sp³-hybridized carbons (Fsp3) is 0.320. The molecule has 1 aliphatic rings. The van der Waals surface area contributed by atoms with Crippen LogP contribution >= 0.6 is 0 Å². The maximum Gasteiger partial charge on any atom is 0.216 e. The van der Waals surface area contributed by atoms with E-state index in [4.69, 9.17) is 0 Å². The standard InChI is InChI=1S/C25H26FN5/c1-17-12-22-20(16-29-25(22)28-15-17)14-19-5-7-21(30-24(19)26)6-4-18-8-9-27-23(13-18)31-10-2-3-11-31/h5,7-9,12-13,15-16H,2-4,6,10-11,14H2,1H3,(H,28,29). The smallest absolute Gasteiger partial charge is 0.216 e. The number of fused-ring (bicyclic) bond motifs is 1. The predicted molar refractivity (Wildman–Crippen MR) is 121 cm³/mol. The summed E-state index contributed by atoms with van der Waals surface area (Å²) in [4.78, 5) is 18.6. The molecule has 0 radical (unpaired) electrons. The first-order chi connectivity index (χ1) is 15.2. The van der Waals surface area contributed by atoms with Crippen LogP contribution in [0.1, 0.15) is 40.8 Å². The summed E-state index contributed by atoms with van der Waals surface area (Å²) in [7, 11) is 0. The lowest BCUT2D eigenvalue weighted by Gasteiger charge is -2.16. The van der Waals surface area contributed by atoms with E-state index < -0.39 is 0 Å². The quantitative estimate of drug-likeness (QED) is 0.461. The van der Waals surface area contributed by atoms with Gasteiger partial charge in [-0.05, 0) is 73.6 Å². The number of hydrogen-bond acceptors (Lipinski definition) is 4. The summed E-state index contributed by atoms with van der Waals surface area (Å²) in [5, 5.41) is 1.04. The van der Waals surface area contributed by atoms with E-state index in [0.717, 1.165) is 53.2 Å². The summed E-state index contributed by atoms with van der Waals surface area (Å²) in [5.74, 6) is 0.660. The average Bonchev–Trinajstić information content (AvgIpc) is 3.45. The van der Waals surface area contributed by atoms with Gasteiger partial charge in [0.15, 0.2) is 0 Å². The number of hydrogen-bond donors (Lipinski definition) is 1. The fourth-order valence-electron chi connectivity index (χ4n) is 4.29. The summed E-state index contributed by atoms with van der Waals surface area (Å²) in [6.07, 6.45) is 10.1. The predicted octanol–water partition coefficient (Wildman–Crippen LogP) is 4.78. The molecule has 5 nitrogen and oxygen atoms in total. The minimum atomic E-state index is -0.389. The summed E-state index contributed by atoms with van der Waals surface area (Å²) in [5.41, 5.74) is 5.54. The molecule has 0 spiro atoms. The molecular formula is C25H26FN5. The molecule has 158 valence electrons. The third kappa shape index (κ3) is 4.29. The Labute approximate surface area is 181 Å². The highest BCUT2D eigenvalue weighted by Gasteiger charge is 2.14. The second-order valence-corrected chi connectivity index (χ2v) is 8.37. The molecule has 6 heteroatoms. The van der Waals surface area contributed by atoms with Crippen molar-refractivity contribution in [1.29, 1.82) is 0 Å². The summed E-state index contributed by atoms with van der Waals surface area (Å²) < 4.78 is 14.8. The molecule has 0 atom stereocenters. The number of anilines is 1. The van der Waals surface area contributed by atoms with Crippen LogP contribution in [0.4, 0.5) is 10.2 Å². The Balaban J connectivity index is 1.27. The molecule has 31 heavy (non-hydrogen) atoms. The van der Waals surface area contributed by atoms with Gasteiger partial charge in [0.1, 0.15) is 11.5 Å². The number of H-pyrrole nitrogens is 1. The van der Waals surface area contributed by atoms with Crippen LogP contribution in [0.2, 0.25) is 0 Å². The Kier molecular flexibility index (Phi) is 5.37. The van der Waals surface area contributed by atoms with E-state index >= 15 is 0 Å². The maximum atomic E-state index is 14.8. The van der Waals surface area contributed by atoms with Gasteiger partial charge >= 0.3 is 0 Å². The van der Waals surface area contributed by atoms with Crippen molar-refractivity contribution < 1.29 is 4.39 Å². The summed E-state index contributed by atoms with van der Waals surface area (Å²) in [6, 6.07) is 10.1. The van der Waals surface area contributed by atoms with Crippen LogP contribution in [0.3, 0.4) is 0 Å². The Hall–Kier alpha value is -3.28. The first-order valence-electron chi connectivity index (χ1n) is 10.9. The van der Waals surface area contributed by atoms with Gasteiger partial charge in [-0.25, -0.2) is 15.0 Å². The van der Waals surface area contributed by atoms with Gasteiger partial charge in [0.25, 0.3) is 0 Å². The molecule has 1 aliphatic heterocycles. The lowest BCUT2D eigenvalue weighted by Crippen LogP contribution is -2.19. The van der Waals surface area contributed by atoms with Crippen molar-refractivity contribution in [3.8, 4) is 0 Å². The van der Waals surface area contributed by atoms with Crippen molar-refractivity contribution in [2.45, 2.75) is 39.0 Å². The zero-order valence-electron chi connectivity index (χ0n) is 17.7. The van der Waals surface area contributed by atoms with E-state index in [0.29, 0.717) is 18.4 Å². The molecule has 1 fully saturated rings. The van der Waals surface area contributed by atoms with Gasteiger partial charge in [0.05, 0.1) is 0 Å². The number of pyridine rings is 3. The largest absolute Gasteiger partial charge is 0.357 e. The Morgan fingerprint density at radius 2 is 1.90 bits per heavy atom. The fourth-order valence-corrected chi connectivity index (χ4v) is 4.29. The molecule has 0 amide bonds. The zero-order chi connectivity index (χ0) is 21.2. The molecule has 0 bridgehead atoms. The van der Waals surface area contributed by atoms with Crippen LogP contribution < -0.4 is 4.90 Å². The molecular weight excluding hydrogens is 389 g/mol. The molecule has 1 saturated heterocycles. The first kappa shape index (κ1) is 19.7. The highest BCUT2D eigenvalue weighted by atomic mass is 19.1. The Morgan fingerprint density at radius 3 is 2.74 bits per heavy atom. The van der Waals surface area contributed by atoms with E-state index in [1.54, 1.807) is 0 Å². The van der Waals surface area contributed by atoms with Crippen LogP contribution in [0.5, 0.6) is 0 Å². The van der Waals surface area contributed by atoms with Gasteiger partial charge < -0.3 is 9.88 Å². The van der Waals surface area contributed by atoms with E-state index in [-0.39, 0.29) is 5.95 Å².